The van der Waals surface area contributed by atoms with Gasteiger partial charge in [-0.3, -0.25) is 0 Å². The molecule has 118 valence electrons. The molecule has 0 aromatic heterocycles. The Bertz CT molecular complexity index is 630. The van der Waals surface area contributed by atoms with E-state index in [2.05, 4.69) is 4.72 Å². The van der Waals surface area contributed by atoms with Crippen molar-refractivity contribution in [2.75, 3.05) is 0 Å². The molecule has 0 amide bonds. The van der Waals surface area contributed by atoms with Crippen LogP contribution < -0.4 is 4.72 Å². The highest BCUT2D eigenvalue weighted by molar-refractivity contribution is 7.89. The zero-order valence-corrected chi connectivity index (χ0v) is 12.1. The van der Waals surface area contributed by atoms with Gasteiger partial charge in [0.2, 0.25) is 10.0 Å². The van der Waals surface area contributed by atoms with Gasteiger partial charge >= 0.3 is 0 Å². The molecule has 2 rings (SSSR count). The normalized spacial score (nSPS) is 23.7. The molecule has 2 N–H and O–H groups in total. The van der Waals surface area contributed by atoms with Gasteiger partial charge < -0.3 is 5.11 Å². The van der Waals surface area contributed by atoms with Crippen LogP contribution in [0.5, 0.6) is 0 Å². The summed E-state index contributed by atoms with van der Waals surface area (Å²) in [6.07, 6.45) is 0.915. The summed E-state index contributed by atoms with van der Waals surface area (Å²) >= 11 is 0. The second-order valence-electron chi connectivity index (χ2n) is 5.19. The van der Waals surface area contributed by atoms with Crippen LogP contribution in [0.2, 0.25) is 0 Å². The van der Waals surface area contributed by atoms with Gasteiger partial charge in [0.25, 0.3) is 0 Å². The molecule has 1 saturated carbocycles. The summed E-state index contributed by atoms with van der Waals surface area (Å²) in [5.41, 5.74) is 0. The zero-order valence-electron chi connectivity index (χ0n) is 11.3. The van der Waals surface area contributed by atoms with Crippen molar-refractivity contribution in [3.05, 3.63) is 29.6 Å². The van der Waals surface area contributed by atoms with Crippen molar-refractivity contribution >= 4 is 10.0 Å². The summed E-state index contributed by atoms with van der Waals surface area (Å²) in [7, 11) is -4.29. The summed E-state index contributed by atoms with van der Waals surface area (Å²) < 4.78 is 66.1. The maximum atomic E-state index is 13.6. The molecule has 0 unspecified atom stereocenters. The number of halogens is 3. The van der Waals surface area contributed by atoms with Gasteiger partial charge in [-0.25, -0.2) is 26.3 Å². The standard InChI is InChI=1S/C13H16F3NO3S/c1-2-10(7-5-8(18)6-7)17-21(19,20)11-4-3-9(14)12(15)13(11)16/h3-4,7-8,10,17-18H,2,5-6H2,1H3/t7?,8?,10-/m1/s1. The number of hydrogen-bond donors (Lipinski definition) is 2. The Hall–Kier alpha value is -1.12. The van der Waals surface area contributed by atoms with E-state index >= 15 is 0 Å². The van der Waals surface area contributed by atoms with Gasteiger partial charge in [-0.1, -0.05) is 6.92 Å². The van der Waals surface area contributed by atoms with Crippen LogP contribution in [-0.4, -0.2) is 25.7 Å². The van der Waals surface area contributed by atoms with Crippen LogP contribution in [0.1, 0.15) is 26.2 Å². The Morgan fingerprint density at radius 2 is 1.90 bits per heavy atom. The molecule has 1 atom stereocenters. The van der Waals surface area contributed by atoms with Gasteiger partial charge in [0.1, 0.15) is 4.90 Å². The topological polar surface area (TPSA) is 66.4 Å². The van der Waals surface area contributed by atoms with E-state index in [1.54, 1.807) is 6.92 Å². The average Bonchev–Trinajstić information content (AvgIpc) is 2.38. The molecular formula is C13H16F3NO3S. The maximum Gasteiger partial charge on any atom is 0.243 e. The molecule has 0 saturated heterocycles. The van der Waals surface area contributed by atoms with E-state index in [-0.39, 0.29) is 5.92 Å². The highest BCUT2D eigenvalue weighted by atomic mass is 32.2. The molecule has 8 heteroatoms. The molecule has 1 fully saturated rings. The van der Waals surface area contributed by atoms with Crippen molar-refractivity contribution in [3.8, 4) is 0 Å². The van der Waals surface area contributed by atoms with E-state index in [1.807, 2.05) is 0 Å². The van der Waals surface area contributed by atoms with Crippen molar-refractivity contribution in [2.24, 2.45) is 5.92 Å². The Balaban J connectivity index is 2.24. The second-order valence-corrected chi connectivity index (χ2v) is 6.88. The van der Waals surface area contributed by atoms with Gasteiger partial charge in [-0.05, 0) is 37.3 Å². The molecule has 0 aliphatic heterocycles. The number of benzene rings is 1. The van der Waals surface area contributed by atoms with Crippen LogP contribution >= 0.6 is 0 Å². The lowest BCUT2D eigenvalue weighted by Crippen LogP contribution is -2.46. The first kappa shape index (κ1) is 16.3. The summed E-state index contributed by atoms with van der Waals surface area (Å²) in [5.74, 6) is -5.04. The van der Waals surface area contributed by atoms with E-state index in [1.165, 1.54) is 0 Å². The lowest BCUT2D eigenvalue weighted by molar-refractivity contribution is 0.0277. The number of sulfonamides is 1. The van der Waals surface area contributed by atoms with Crippen LogP contribution in [0.3, 0.4) is 0 Å². The Labute approximate surface area is 121 Å². The van der Waals surface area contributed by atoms with Gasteiger partial charge in [-0.2, -0.15) is 0 Å². The predicted molar refractivity (Wildman–Crippen MR) is 69.4 cm³/mol. The third-order valence-electron chi connectivity index (χ3n) is 3.75. The molecule has 1 aromatic carbocycles. The fraction of sp³-hybridized carbons (Fsp3) is 0.538. The molecule has 0 heterocycles. The molecule has 21 heavy (non-hydrogen) atoms. The Morgan fingerprint density at radius 1 is 1.29 bits per heavy atom. The first-order chi connectivity index (χ1) is 9.76. The van der Waals surface area contributed by atoms with Crippen LogP contribution in [-0.2, 0) is 10.0 Å². The molecule has 1 aliphatic carbocycles. The first-order valence-corrected chi connectivity index (χ1v) is 8.08. The Morgan fingerprint density at radius 3 is 2.43 bits per heavy atom. The van der Waals surface area contributed by atoms with E-state index in [0.717, 1.165) is 0 Å². The third kappa shape index (κ3) is 3.22. The molecule has 1 aromatic rings. The van der Waals surface area contributed by atoms with Crippen LogP contribution in [0.25, 0.3) is 0 Å². The van der Waals surface area contributed by atoms with E-state index in [9.17, 15) is 26.7 Å². The van der Waals surface area contributed by atoms with Crippen LogP contribution in [0.15, 0.2) is 17.0 Å². The molecule has 0 bridgehead atoms. The summed E-state index contributed by atoms with van der Waals surface area (Å²) in [6, 6.07) is 0.783. The molecular weight excluding hydrogens is 307 g/mol. The quantitative estimate of drug-likeness (QED) is 0.814. The van der Waals surface area contributed by atoms with Crippen molar-refractivity contribution < 1.29 is 26.7 Å². The average molecular weight is 323 g/mol. The number of aliphatic hydroxyl groups excluding tert-OH is 1. The van der Waals surface area contributed by atoms with Crippen LogP contribution in [0.4, 0.5) is 13.2 Å². The number of hydrogen-bond acceptors (Lipinski definition) is 3. The molecule has 0 spiro atoms. The number of aliphatic hydroxyl groups is 1. The SMILES string of the molecule is CC[C@@H](NS(=O)(=O)c1ccc(F)c(F)c1F)C1CC(O)C1. The summed E-state index contributed by atoms with van der Waals surface area (Å²) in [6.45, 7) is 1.75. The monoisotopic (exact) mass is 323 g/mol. The van der Waals surface area contributed by atoms with Crippen LogP contribution in [0, 0.1) is 23.4 Å². The van der Waals surface area contributed by atoms with E-state index in [4.69, 9.17) is 0 Å². The third-order valence-corrected chi connectivity index (χ3v) is 5.26. The summed E-state index contributed by atoms with van der Waals surface area (Å²) in [4.78, 5) is -0.917. The van der Waals surface area contributed by atoms with Gasteiger partial charge in [0.05, 0.1) is 6.10 Å². The van der Waals surface area contributed by atoms with Gasteiger partial charge in [0, 0.05) is 6.04 Å². The molecule has 1 aliphatic rings. The largest absolute Gasteiger partial charge is 0.393 e. The van der Waals surface area contributed by atoms with E-state index in [0.29, 0.717) is 31.4 Å². The van der Waals surface area contributed by atoms with Crippen molar-refractivity contribution in [1.29, 1.82) is 0 Å². The van der Waals surface area contributed by atoms with E-state index < -0.39 is 44.5 Å². The number of rotatable bonds is 5. The predicted octanol–water partition coefficient (Wildman–Crippen LogP) is 1.93. The summed E-state index contributed by atoms with van der Waals surface area (Å²) in [5, 5.41) is 9.26. The molecule has 0 radical (unpaired) electrons. The fourth-order valence-electron chi connectivity index (χ4n) is 2.45. The maximum absolute atomic E-state index is 13.6. The first-order valence-electron chi connectivity index (χ1n) is 6.60. The van der Waals surface area contributed by atoms with Gasteiger partial charge in [-0.15, -0.1) is 0 Å². The minimum absolute atomic E-state index is 0.0480. The van der Waals surface area contributed by atoms with Crippen molar-refractivity contribution in [2.45, 2.75) is 43.2 Å². The van der Waals surface area contributed by atoms with Crippen molar-refractivity contribution in [3.63, 3.8) is 0 Å². The molecule has 4 nitrogen and oxygen atoms in total. The highest BCUT2D eigenvalue weighted by Crippen LogP contribution is 2.32. The van der Waals surface area contributed by atoms with Crippen molar-refractivity contribution in [1.82, 2.24) is 4.72 Å². The Kier molecular flexibility index (Phi) is 4.60. The fourth-order valence-corrected chi connectivity index (χ4v) is 3.91. The smallest absolute Gasteiger partial charge is 0.243 e. The minimum atomic E-state index is -4.29. The minimum Gasteiger partial charge on any atom is -0.393 e. The lowest BCUT2D eigenvalue weighted by Gasteiger charge is -2.37. The van der Waals surface area contributed by atoms with Gasteiger partial charge in [0.15, 0.2) is 17.5 Å². The number of nitrogens with one attached hydrogen (secondary N) is 1. The highest BCUT2D eigenvalue weighted by Gasteiger charge is 2.36. The zero-order chi connectivity index (χ0) is 15.8. The second kappa shape index (κ2) is 5.94. The lowest BCUT2D eigenvalue weighted by atomic mass is 9.77.